The Balaban J connectivity index is 1.82. The van der Waals surface area contributed by atoms with Crippen LogP contribution in [-0.2, 0) is 20.0 Å². The largest absolute Gasteiger partial charge is 0.378 e. The number of nitrogens with zero attached hydrogens (tertiary/aromatic N) is 6. The summed E-state index contributed by atoms with van der Waals surface area (Å²) >= 11 is 0. The quantitative estimate of drug-likeness (QED) is 0.769. The Labute approximate surface area is 122 Å². The number of hydrogen-bond donors (Lipinski definition) is 1. The van der Waals surface area contributed by atoms with Crippen molar-refractivity contribution in [2.24, 2.45) is 7.05 Å². The molecule has 0 aromatic carbocycles. The van der Waals surface area contributed by atoms with Crippen LogP contribution in [0.3, 0.4) is 0 Å². The zero-order chi connectivity index (χ0) is 14.7. The predicted molar refractivity (Wildman–Crippen MR) is 79.1 cm³/mol. The third-order valence-corrected chi connectivity index (χ3v) is 3.22. The molecule has 3 aromatic heterocycles. The third kappa shape index (κ3) is 2.76. The minimum Gasteiger partial charge on any atom is -0.378 e. The molecule has 0 spiro atoms. The highest BCUT2D eigenvalue weighted by Gasteiger charge is 2.09. The lowest BCUT2D eigenvalue weighted by atomic mass is 10.2. The normalized spacial score (nSPS) is 10.8. The van der Waals surface area contributed by atoms with Crippen molar-refractivity contribution < 1.29 is 0 Å². The second-order valence-electron chi connectivity index (χ2n) is 4.70. The van der Waals surface area contributed by atoms with Gasteiger partial charge in [-0.15, -0.1) is 0 Å². The van der Waals surface area contributed by atoms with E-state index >= 15 is 0 Å². The van der Waals surface area contributed by atoms with Crippen LogP contribution in [0.25, 0.3) is 5.82 Å². The summed E-state index contributed by atoms with van der Waals surface area (Å²) in [6.45, 7) is 2.81. The summed E-state index contributed by atoms with van der Waals surface area (Å²) < 4.78 is 3.49. The smallest absolute Gasteiger partial charge is 0.178 e. The molecule has 0 radical (unpaired) electrons. The summed E-state index contributed by atoms with van der Waals surface area (Å²) in [4.78, 5) is 8.32. The van der Waals surface area contributed by atoms with Crippen molar-refractivity contribution in [1.29, 1.82) is 0 Å². The van der Waals surface area contributed by atoms with Gasteiger partial charge in [0.25, 0.3) is 0 Å². The lowest BCUT2D eigenvalue weighted by Crippen LogP contribution is -2.07. The Morgan fingerprint density at radius 1 is 1.33 bits per heavy atom. The number of pyridine rings is 1. The van der Waals surface area contributed by atoms with Gasteiger partial charge in [-0.3, -0.25) is 4.68 Å². The van der Waals surface area contributed by atoms with Gasteiger partial charge in [-0.25, -0.2) is 14.6 Å². The van der Waals surface area contributed by atoms with E-state index in [4.69, 9.17) is 0 Å². The molecule has 7 heteroatoms. The molecule has 3 aromatic rings. The zero-order valence-electron chi connectivity index (χ0n) is 12.1. The minimum atomic E-state index is 0.699. The fourth-order valence-corrected chi connectivity index (χ4v) is 2.25. The lowest BCUT2D eigenvalue weighted by Gasteiger charge is -2.10. The van der Waals surface area contributed by atoms with E-state index in [1.807, 2.05) is 30.1 Å². The van der Waals surface area contributed by atoms with Crippen molar-refractivity contribution >= 4 is 5.69 Å². The highest BCUT2D eigenvalue weighted by Crippen LogP contribution is 2.17. The minimum absolute atomic E-state index is 0.699. The van der Waals surface area contributed by atoms with Crippen LogP contribution in [-0.4, -0.2) is 29.5 Å². The highest BCUT2D eigenvalue weighted by atomic mass is 15.3. The van der Waals surface area contributed by atoms with Crippen molar-refractivity contribution in [3.05, 3.63) is 48.4 Å². The number of hydrogen-bond acceptors (Lipinski definition) is 5. The van der Waals surface area contributed by atoms with Gasteiger partial charge in [-0.2, -0.15) is 10.2 Å². The van der Waals surface area contributed by atoms with Gasteiger partial charge < -0.3 is 5.32 Å². The topological polar surface area (TPSA) is 73.5 Å². The van der Waals surface area contributed by atoms with Crippen LogP contribution in [0.1, 0.15) is 18.2 Å². The molecule has 0 fully saturated rings. The van der Waals surface area contributed by atoms with E-state index in [9.17, 15) is 0 Å². The summed E-state index contributed by atoms with van der Waals surface area (Å²) in [6.07, 6.45) is 7.83. The van der Waals surface area contributed by atoms with Gasteiger partial charge in [-0.05, 0) is 18.6 Å². The first-order chi connectivity index (χ1) is 10.3. The molecule has 0 aliphatic rings. The van der Waals surface area contributed by atoms with E-state index in [0.717, 1.165) is 23.6 Å². The standard InChI is InChI=1S/C14H17N7/c1-3-12-11(8-20(2)19-12)7-17-13-5-4-6-16-14(13)21-10-15-9-18-21/h4-6,8-10,17H,3,7H2,1-2H3. The first-order valence-electron chi connectivity index (χ1n) is 6.83. The molecule has 0 unspecified atom stereocenters. The van der Waals surface area contributed by atoms with E-state index < -0.39 is 0 Å². The molecule has 1 N–H and O–H groups in total. The molecule has 108 valence electrons. The van der Waals surface area contributed by atoms with Gasteiger partial charge >= 0.3 is 0 Å². The molecule has 3 heterocycles. The second-order valence-corrected chi connectivity index (χ2v) is 4.70. The maximum absolute atomic E-state index is 4.45. The van der Waals surface area contributed by atoms with Crippen molar-refractivity contribution in [2.45, 2.75) is 19.9 Å². The van der Waals surface area contributed by atoms with E-state index in [-0.39, 0.29) is 0 Å². The number of nitrogens with one attached hydrogen (secondary N) is 1. The lowest BCUT2D eigenvalue weighted by molar-refractivity contribution is 0.746. The Hall–Kier alpha value is -2.70. The SMILES string of the molecule is CCc1nn(C)cc1CNc1cccnc1-n1cncn1. The first-order valence-corrected chi connectivity index (χ1v) is 6.83. The summed E-state index contributed by atoms with van der Waals surface area (Å²) in [5.41, 5.74) is 3.21. The molecule has 0 saturated heterocycles. The van der Waals surface area contributed by atoms with Gasteiger partial charge in [-0.1, -0.05) is 6.92 Å². The Morgan fingerprint density at radius 2 is 2.24 bits per heavy atom. The van der Waals surface area contributed by atoms with Crippen LogP contribution < -0.4 is 5.32 Å². The van der Waals surface area contributed by atoms with Crippen LogP contribution in [0.2, 0.25) is 0 Å². The third-order valence-electron chi connectivity index (χ3n) is 3.22. The molecule has 0 bridgehead atoms. The molecule has 0 aliphatic heterocycles. The van der Waals surface area contributed by atoms with E-state index in [1.54, 1.807) is 17.2 Å². The van der Waals surface area contributed by atoms with Gasteiger partial charge in [0.15, 0.2) is 5.82 Å². The monoisotopic (exact) mass is 283 g/mol. The van der Waals surface area contributed by atoms with Crippen LogP contribution in [0, 0.1) is 0 Å². The van der Waals surface area contributed by atoms with Crippen LogP contribution in [0.5, 0.6) is 0 Å². The van der Waals surface area contributed by atoms with E-state index in [1.165, 1.54) is 11.9 Å². The van der Waals surface area contributed by atoms with Crippen molar-refractivity contribution in [3.8, 4) is 5.82 Å². The van der Waals surface area contributed by atoms with Crippen LogP contribution in [0.15, 0.2) is 37.2 Å². The molecule has 0 atom stereocenters. The highest BCUT2D eigenvalue weighted by molar-refractivity contribution is 5.56. The Kier molecular flexibility index (Phi) is 3.63. The van der Waals surface area contributed by atoms with Gasteiger partial charge in [0.2, 0.25) is 0 Å². The van der Waals surface area contributed by atoms with Gasteiger partial charge in [0, 0.05) is 31.5 Å². The second kappa shape index (κ2) is 5.74. The molecule has 0 amide bonds. The average Bonchev–Trinajstić information content (AvgIpc) is 3.14. The van der Waals surface area contributed by atoms with E-state index in [0.29, 0.717) is 6.54 Å². The predicted octanol–water partition coefficient (Wildman–Crippen LogP) is 1.57. The van der Waals surface area contributed by atoms with Crippen molar-refractivity contribution in [2.75, 3.05) is 5.32 Å². The average molecular weight is 283 g/mol. The van der Waals surface area contributed by atoms with Gasteiger partial charge in [0.1, 0.15) is 12.7 Å². The molecule has 0 saturated carbocycles. The van der Waals surface area contributed by atoms with Crippen molar-refractivity contribution in [1.82, 2.24) is 29.5 Å². The van der Waals surface area contributed by atoms with Crippen LogP contribution >= 0.6 is 0 Å². The Bertz CT molecular complexity index is 715. The summed E-state index contributed by atoms with van der Waals surface area (Å²) in [6, 6.07) is 3.87. The van der Waals surface area contributed by atoms with Crippen molar-refractivity contribution in [3.63, 3.8) is 0 Å². The summed E-state index contributed by atoms with van der Waals surface area (Å²) in [5.74, 6) is 0.733. The molecular weight excluding hydrogens is 266 g/mol. The number of aryl methyl sites for hydroxylation is 2. The zero-order valence-corrected chi connectivity index (χ0v) is 12.1. The Morgan fingerprint density at radius 3 is 3.00 bits per heavy atom. The first kappa shape index (κ1) is 13.3. The molecule has 21 heavy (non-hydrogen) atoms. The van der Waals surface area contributed by atoms with Gasteiger partial charge in [0.05, 0.1) is 11.4 Å². The maximum atomic E-state index is 4.45. The van der Waals surface area contributed by atoms with E-state index in [2.05, 4.69) is 32.4 Å². The summed E-state index contributed by atoms with van der Waals surface area (Å²) in [5, 5.41) is 12.0. The molecule has 7 nitrogen and oxygen atoms in total. The fourth-order valence-electron chi connectivity index (χ4n) is 2.25. The summed E-state index contributed by atoms with van der Waals surface area (Å²) in [7, 11) is 1.94. The molecule has 3 rings (SSSR count). The fraction of sp³-hybridized carbons (Fsp3) is 0.286. The number of anilines is 1. The molecular formula is C14H17N7. The molecule has 0 aliphatic carbocycles. The number of aromatic nitrogens is 6. The van der Waals surface area contributed by atoms with Crippen LogP contribution in [0.4, 0.5) is 5.69 Å². The number of rotatable bonds is 5. The maximum Gasteiger partial charge on any atom is 0.178 e.